The SMILES string of the molecule is CN=C(NCc1ccc(C)cc1OC(C)C)NCc1cccnc1OC.I. The number of nitrogens with zero attached hydrogens (tertiary/aromatic N) is 2. The molecule has 0 saturated heterocycles. The summed E-state index contributed by atoms with van der Waals surface area (Å²) in [6, 6.07) is 10.1. The zero-order valence-electron chi connectivity index (χ0n) is 16.6. The molecule has 0 unspecified atom stereocenters. The van der Waals surface area contributed by atoms with Crippen LogP contribution in [0.1, 0.15) is 30.5 Å². The molecule has 2 N–H and O–H groups in total. The third kappa shape index (κ3) is 7.24. The number of methoxy groups -OCH3 is 1. The molecule has 0 amide bonds. The molecule has 6 nitrogen and oxygen atoms in total. The van der Waals surface area contributed by atoms with E-state index >= 15 is 0 Å². The number of aliphatic imine (C=N–C) groups is 1. The van der Waals surface area contributed by atoms with E-state index in [-0.39, 0.29) is 30.1 Å². The Bertz CT molecular complexity index is 751. The highest BCUT2D eigenvalue weighted by molar-refractivity contribution is 14.0. The lowest BCUT2D eigenvalue weighted by atomic mass is 10.1. The van der Waals surface area contributed by atoms with Gasteiger partial charge in [0.15, 0.2) is 5.96 Å². The Balaban J connectivity index is 0.00000364. The van der Waals surface area contributed by atoms with Crippen LogP contribution in [0, 0.1) is 6.92 Å². The summed E-state index contributed by atoms with van der Waals surface area (Å²) in [5.74, 6) is 2.21. The lowest BCUT2D eigenvalue weighted by Gasteiger charge is -2.17. The van der Waals surface area contributed by atoms with E-state index < -0.39 is 0 Å². The summed E-state index contributed by atoms with van der Waals surface area (Å²) in [7, 11) is 3.36. The molecular weight excluding hydrogens is 455 g/mol. The predicted octanol–water partition coefficient (Wildman–Crippen LogP) is 3.67. The standard InChI is InChI=1S/C20H28N4O2.HI/c1-14(2)26-18-11-15(3)8-9-16(18)12-23-20(21-4)24-13-17-7-6-10-22-19(17)25-5;/h6-11,14H,12-13H2,1-5H3,(H2,21,23,24);1H. The van der Waals surface area contributed by atoms with Crippen molar-refractivity contribution in [2.75, 3.05) is 14.2 Å². The third-order valence-electron chi connectivity index (χ3n) is 3.74. The molecule has 0 aliphatic heterocycles. The Morgan fingerprint density at radius 3 is 2.48 bits per heavy atom. The van der Waals surface area contributed by atoms with Gasteiger partial charge in [-0.25, -0.2) is 4.98 Å². The minimum Gasteiger partial charge on any atom is -0.491 e. The topological polar surface area (TPSA) is 67.8 Å². The third-order valence-corrected chi connectivity index (χ3v) is 3.74. The maximum atomic E-state index is 5.93. The number of benzene rings is 1. The first kappa shape index (κ1) is 23.0. The van der Waals surface area contributed by atoms with Crippen LogP contribution in [-0.4, -0.2) is 31.2 Å². The van der Waals surface area contributed by atoms with Crippen molar-refractivity contribution in [2.45, 2.75) is 40.0 Å². The van der Waals surface area contributed by atoms with Crippen molar-refractivity contribution in [3.8, 4) is 11.6 Å². The Kier molecular flexibility index (Phi) is 9.92. The smallest absolute Gasteiger partial charge is 0.218 e. The van der Waals surface area contributed by atoms with E-state index in [0.29, 0.717) is 24.9 Å². The van der Waals surface area contributed by atoms with Crippen molar-refractivity contribution in [1.29, 1.82) is 0 Å². The lowest BCUT2D eigenvalue weighted by molar-refractivity contribution is 0.239. The van der Waals surface area contributed by atoms with Crippen LogP contribution in [0.15, 0.2) is 41.5 Å². The fourth-order valence-electron chi connectivity index (χ4n) is 2.49. The molecule has 2 aromatic rings. The van der Waals surface area contributed by atoms with Crippen LogP contribution in [-0.2, 0) is 13.1 Å². The predicted molar refractivity (Wildman–Crippen MR) is 120 cm³/mol. The van der Waals surface area contributed by atoms with Crippen LogP contribution >= 0.6 is 24.0 Å². The number of aryl methyl sites for hydroxylation is 1. The summed E-state index contributed by atoms with van der Waals surface area (Å²) in [4.78, 5) is 8.48. The highest BCUT2D eigenvalue weighted by Gasteiger charge is 2.08. The largest absolute Gasteiger partial charge is 0.491 e. The highest BCUT2D eigenvalue weighted by atomic mass is 127. The second kappa shape index (κ2) is 11.6. The van der Waals surface area contributed by atoms with E-state index in [1.54, 1.807) is 20.4 Å². The second-order valence-corrected chi connectivity index (χ2v) is 6.23. The first-order valence-corrected chi connectivity index (χ1v) is 8.72. The molecule has 0 spiro atoms. The quantitative estimate of drug-likeness (QED) is 0.357. The van der Waals surface area contributed by atoms with Gasteiger partial charge >= 0.3 is 0 Å². The zero-order chi connectivity index (χ0) is 18.9. The maximum absolute atomic E-state index is 5.93. The van der Waals surface area contributed by atoms with Crippen LogP contribution in [0.5, 0.6) is 11.6 Å². The molecule has 0 aliphatic rings. The monoisotopic (exact) mass is 484 g/mol. The molecule has 1 heterocycles. The second-order valence-electron chi connectivity index (χ2n) is 6.23. The van der Waals surface area contributed by atoms with E-state index in [0.717, 1.165) is 16.9 Å². The van der Waals surface area contributed by atoms with Gasteiger partial charge < -0.3 is 20.1 Å². The van der Waals surface area contributed by atoms with Gasteiger partial charge in [0.1, 0.15) is 5.75 Å². The van der Waals surface area contributed by atoms with E-state index in [4.69, 9.17) is 9.47 Å². The average Bonchev–Trinajstić information content (AvgIpc) is 2.63. The molecular formula is C20H29IN4O2. The molecule has 7 heteroatoms. The zero-order valence-corrected chi connectivity index (χ0v) is 18.9. The summed E-state index contributed by atoms with van der Waals surface area (Å²) < 4.78 is 11.2. The molecule has 27 heavy (non-hydrogen) atoms. The minimum absolute atomic E-state index is 0. The van der Waals surface area contributed by atoms with E-state index in [9.17, 15) is 0 Å². The molecule has 0 aliphatic carbocycles. The van der Waals surface area contributed by atoms with Crippen LogP contribution < -0.4 is 20.1 Å². The van der Waals surface area contributed by atoms with E-state index in [2.05, 4.69) is 45.7 Å². The van der Waals surface area contributed by atoms with Crippen molar-refractivity contribution in [1.82, 2.24) is 15.6 Å². The molecule has 0 bridgehead atoms. The van der Waals surface area contributed by atoms with Crippen molar-refractivity contribution in [3.05, 3.63) is 53.2 Å². The molecule has 0 fully saturated rings. The number of hydrogen-bond donors (Lipinski definition) is 2. The van der Waals surface area contributed by atoms with Gasteiger partial charge in [-0.1, -0.05) is 18.2 Å². The molecule has 1 aromatic carbocycles. The van der Waals surface area contributed by atoms with Gasteiger partial charge in [-0.3, -0.25) is 4.99 Å². The molecule has 0 radical (unpaired) electrons. The first-order chi connectivity index (χ1) is 12.5. The van der Waals surface area contributed by atoms with Crippen molar-refractivity contribution in [2.24, 2.45) is 4.99 Å². The fraction of sp³-hybridized carbons (Fsp3) is 0.400. The van der Waals surface area contributed by atoms with Gasteiger partial charge in [0.2, 0.25) is 5.88 Å². The Hall–Kier alpha value is -2.03. The van der Waals surface area contributed by atoms with Gasteiger partial charge in [-0.05, 0) is 38.5 Å². The van der Waals surface area contributed by atoms with Gasteiger partial charge in [0.05, 0.1) is 13.2 Å². The Morgan fingerprint density at radius 1 is 1.15 bits per heavy atom. The van der Waals surface area contributed by atoms with Crippen LogP contribution in [0.2, 0.25) is 0 Å². The molecule has 0 saturated carbocycles. The summed E-state index contributed by atoms with van der Waals surface area (Å²) in [6.45, 7) is 7.31. The number of pyridine rings is 1. The van der Waals surface area contributed by atoms with Crippen LogP contribution in [0.4, 0.5) is 0 Å². The molecule has 2 rings (SSSR count). The van der Waals surface area contributed by atoms with Gasteiger partial charge in [-0.2, -0.15) is 0 Å². The number of guanidine groups is 1. The maximum Gasteiger partial charge on any atom is 0.218 e. The van der Waals surface area contributed by atoms with Crippen LogP contribution in [0.25, 0.3) is 0 Å². The van der Waals surface area contributed by atoms with Gasteiger partial charge in [0, 0.05) is 37.5 Å². The van der Waals surface area contributed by atoms with Crippen molar-refractivity contribution >= 4 is 29.9 Å². The number of nitrogens with one attached hydrogen (secondary N) is 2. The van der Waals surface area contributed by atoms with Crippen molar-refractivity contribution in [3.63, 3.8) is 0 Å². The summed E-state index contributed by atoms with van der Waals surface area (Å²) in [6.07, 6.45) is 1.84. The van der Waals surface area contributed by atoms with E-state index in [1.165, 1.54) is 5.56 Å². The molecule has 1 aromatic heterocycles. The number of halogens is 1. The molecule has 0 atom stereocenters. The Morgan fingerprint density at radius 2 is 1.85 bits per heavy atom. The van der Waals surface area contributed by atoms with Gasteiger partial charge in [-0.15, -0.1) is 24.0 Å². The number of ether oxygens (including phenoxy) is 2. The number of hydrogen-bond acceptors (Lipinski definition) is 4. The summed E-state index contributed by atoms with van der Waals surface area (Å²) in [5, 5.41) is 6.60. The summed E-state index contributed by atoms with van der Waals surface area (Å²) >= 11 is 0. The lowest BCUT2D eigenvalue weighted by Crippen LogP contribution is -2.36. The van der Waals surface area contributed by atoms with E-state index in [1.807, 2.05) is 26.0 Å². The Labute approximate surface area is 178 Å². The molecule has 148 valence electrons. The highest BCUT2D eigenvalue weighted by Crippen LogP contribution is 2.21. The first-order valence-electron chi connectivity index (χ1n) is 8.72. The number of aromatic nitrogens is 1. The number of rotatable bonds is 7. The van der Waals surface area contributed by atoms with Gasteiger partial charge in [0.25, 0.3) is 0 Å². The average molecular weight is 484 g/mol. The van der Waals surface area contributed by atoms with Crippen molar-refractivity contribution < 1.29 is 9.47 Å². The van der Waals surface area contributed by atoms with Crippen LogP contribution in [0.3, 0.4) is 0 Å². The summed E-state index contributed by atoms with van der Waals surface area (Å²) in [5.41, 5.74) is 3.24. The minimum atomic E-state index is 0. The fourth-order valence-corrected chi connectivity index (χ4v) is 2.49. The normalized spacial score (nSPS) is 11.0.